The van der Waals surface area contributed by atoms with Crippen molar-refractivity contribution in [2.45, 2.75) is 4.90 Å². The summed E-state index contributed by atoms with van der Waals surface area (Å²) in [6.07, 6.45) is 8.37. The van der Waals surface area contributed by atoms with Crippen molar-refractivity contribution < 1.29 is 13.2 Å². The van der Waals surface area contributed by atoms with Gasteiger partial charge < -0.3 is 4.74 Å². The molecule has 132 valence electrons. The van der Waals surface area contributed by atoms with E-state index in [1.54, 1.807) is 55.0 Å². The zero-order valence-electron chi connectivity index (χ0n) is 14.0. The molecule has 1 heterocycles. The van der Waals surface area contributed by atoms with Gasteiger partial charge in [-0.05, 0) is 42.0 Å². The van der Waals surface area contributed by atoms with Crippen LogP contribution in [0.25, 0.3) is 12.2 Å². The minimum atomic E-state index is -3.71. The van der Waals surface area contributed by atoms with E-state index in [1.165, 1.54) is 19.2 Å². The molecule has 0 atom stereocenters. The fourth-order valence-electron chi connectivity index (χ4n) is 2.27. The number of aromatic nitrogens is 2. The maximum atomic E-state index is 12.6. The lowest BCUT2D eigenvalue weighted by molar-refractivity contribution is 0.414. The minimum absolute atomic E-state index is 0.158. The molecule has 0 fully saturated rings. The van der Waals surface area contributed by atoms with Gasteiger partial charge in [-0.15, -0.1) is 0 Å². The van der Waals surface area contributed by atoms with Gasteiger partial charge in [0.25, 0.3) is 10.0 Å². The molecule has 0 radical (unpaired) electrons. The van der Waals surface area contributed by atoms with Crippen molar-refractivity contribution >= 4 is 27.9 Å². The van der Waals surface area contributed by atoms with E-state index < -0.39 is 10.0 Å². The fourth-order valence-corrected chi connectivity index (χ4v) is 3.35. The molecule has 0 aliphatic heterocycles. The summed E-state index contributed by atoms with van der Waals surface area (Å²) in [6, 6.07) is 13.3. The Morgan fingerprint density at radius 2 is 1.77 bits per heavy atom. The summed E-state index contributed by atoms with van der Waals surface area (Å²) in [6.45, 7) is 0. The summed E-state index contributed by atoms with van der Waals surface area (Å²) < 4.78 is 32.9. The molecule has 7 heteroatoms. The molecule has 3 aromatic rings. The Bertz CT molecular complexity index is 1000. The van der Waals surface area contributed by atoms with Gasteiger partial charge in [0.05, 0.1) is 29.6 Å². The molecule has 0 amide bonds. The maximum absolute atomic E-state index is 12.6. The number of hydrogen-bond acceptors (Lipinski definition) is 5. The summed E-state index contributed by atoms with van der Waals surface area (Å²) >= 11 is 0. The van der Waals surface area contributed by atoms with Gasteiger partial charge >= 0.3 is 0 Å². The van der Waals surface area contributed by atoms with E-state index in [0.717, 1.165) is 5.56 Å². The lowest BCUT2D eigenvalue weighted by atomic mass is 10.1. The Morgan fingerprint density at radius 1 is 1.00 bits per heavy atom. The molecule has 0 bridgehead atoms. The average molecular weight is 367 g/mol. The van der Waals surface area contributed by atoms with Crippen LogP contribution >= 0.6 is 0 Å². The molecule has 2 aromatic carbocycles. The van der Waals surface area contributed by atoms with Crippen LogP contribution in [0.1, 0.15) is 11.3 Å². The molecule has 0 unspecified atom stereocenters. The largest absolute Gasteiger partial charge is 0.497 e. The molecular formula is C19H17N3O3S. The van der Waals surface area contributed by atoms with Crippen molar-refractivity contribution in [3.8, 4) is 5.75 Å². The first-order valence-electron chi connectivity index (χ1n) is 7.78. The van der Waals surface area contributed by atoms with Crippen molar-refractivity contribution in [3.05, 3.63) is 78.4 Å². The molecule has 0 saturated heterocycles. The molecule has 26 heavy (non-hydrogen) atoms. The standard InChI is InChI=1S/C19H17N3O3S/c1-25-17-8-10-18(11-9-17)26(23,24)22-19-5-3-2-4-15(19)6-7-16-14-20-12-13-21-16/h2-14,22H,1H3. The molecule has 1 N–H and O–H groups in total. The van der Waals surface area contributed by atoms with Crippen LogP contribution in [-0.2, 0) is 10.0 Å². The predicted molar refractivity (Wildman–Crippen MR) is 101 cm³/mol. The fraction of sp³-hybridized carbons (Fsp3) is 0.0526. The number of nitrogens with zero attached hydrogens (tertiary/aromatic N) is 2. The van der Waals surface area contributed by atoms with E-state index in [4.69, 9.17) is 4.74 Å². The number of ether oxygens (including phenoxy) is 1. The molecule has 6 nitrogen and oxygen atoms in total. The van der Waals surface area contributed by atoms with Gasteiger partial charge in [-0.1, -0.05) is 24.3 Å². The highest BCUT2D eigenvalue weighted by atomic mass is 32.2. The van der Waals surface area contributed by atoms with Crippen LogP contribution in [0.15, 0.2) is 72.0 Å². The Balaban J connectivity index is 1.86. The van der Waals surface area contributed by atoms with Crippen LogP contribution in [0.2, 0.25) is 0 Å². The summed E-state index contributed by atoms with van der Waals surface area (Å²) in [5.74, 6) is 0.594. The maximum Gasteiger partial charge on any atom is 0.261 e. The first-order chi connectivity index (χ1) is 12.6. The zero-order valence-corrected chi connectivity index (χ0v) is 14.8. The number of rotatable bonds is 6. The van der Waals surface area contributed by atoms with E-state index >= 15 is 0 Å². The van der Waals surface area contributed by atoms with E-state index in [1.807, 2.05) is 12.1 Å². The van der Waals surface area contributed by atoms with Crippen molar-refractivity contribution in [3.63, 3.8) is 0 Å². The second-order valence-corrected chi connectivity index (χ2v) is 7.01. The number of methoxy groups -OCH3 is 1. The normalized spacial score (nSPS) is 11.4. The van der Waals surface area contributed by atoms with Crippen LogP contribution in [0.4, 0.5) is 5.69 Å². The van der Waals surface area contributed by atoms with E-state index in [0.29, 0.717) is 17.1 Å². The van der Waals surface area contributed by atoms with Crippen molar-refractivity contribution in [2.24, 2.45) is 0 Å². The van der Waals surface area contributed by atoms with Gasteiger partial charge in [-0.25, -0.2) is 8.42 Å². The number of para-hydroxylation sites is 1. The topological polar surface area (TPSA) is 81.2 Å². The molecule has 0 aliphatic carbocycles. The van der Waals surface area contributed by atoms with E-state index in [9.17, 15) is 8.42 Å². The first-order valence-corrected chi connectivity index (χ1v) is 9.27. The predicted octanol–water partition coefficient (Wildman–Crippen LogP) is 3.46. The quantitative estimate of drug-likeness (QED) is 0.722. The highest BCUT2D eigenvalue weighted by Gasteiger charge is 2.15. The van der Waals surface area contributed by atoms with Crippen molar-refractivity contribution in [2.75, 3.05) is 11.8 Å². The molecule has 0 aliphatic rings. The van der Waals surface area contributed by atoms with E-state index in [2.05, 4.69) is 14.7 Å². The summed E-state index contributed by atoms with van der Waals surface area (Å²) in [5.41, 5.74) is 1.87. The smallest absolute Gasteiger partial charge is 0.261 e. The number of hydrogen-bond donors (Lipinski definition) is 1. The van der Waals surface area contributed by atoms with Gasteiger partial charge in [0.15, 0.2) is 0 Å². The number of anilines is 1. The highest BCUT2D eigenvalue weighted by Crippen LogP contribution is 2.23. The van der Waals surface area contributed by atoms with E-state index in [-0.39, 0.29) is 4.90 Å². The highest BCUT2D eigenvalue weighted by molar-refractivity contribution is 7.92. The van der Waals surface area contributed by atoms with Crippen molar-refractivity contribution in [1.82, 2.24) is 9.97 Å². The monoisotopic (exact) mass is 367 g/mol. The lowest BCUT2D eigenvalue weighted by Crippen LogP contribution is -2.13. The number of sulfonamides is 1. The second kappa shape index (κ2) is 7.79. The van der Waals surface area contributed by atoms with Gasteiger partial charge in [0.1, 0.15) is 5.75 Å². The lowest BCUT2D eigenvalue weighted by Gasteiger charge is -2.11. The van der Waals surface area contributed by atoms with Crippen LogP contribution in [0.3, 0.4) is 0 Å². The molecule has 3 rings (SSSR count). The third-order valence-corrected chi connectivity index (χ3v) is 4.97. The van der Waals surface area contributed by atoms with Crippen molar-refractivity contribution in [1.29, 1.82) is 0 Å². The molecule has 0 spiro atoms. The minimum Gasteiger partial charge on any atom is -0.497 e. The van der Waals surface area contributed by atoms with Gasteiger partial charge in [-0.2, -0.15) is 0 Å². The van der Waals surface area contributed by atoms with Crippen LogP contribution in [0.5, 0.6) is 5.75 Å². The first kappa shape index (κ1) is 17.6. The Labute approximate surface area is 152 Å². The molecule has 0 saturated carbocycles. The Morgan fingerprint density at radius 3 is 2.46 bits per heavy atom. The summed E-state index contributed by atoms with van der Waals surface area (Å²) in [4.78, 5) is 8.32. The van der Waals surface area contributed by atoms with Gasteiger partial charge in [0, 0.05) is 12.4 Å². The average Bonchev–Trinajstić information content (AvgIpc) is 2.68. The van der Waals surface area contributed by atoms with Crippen LogP contribution in [-0.4, -0.2) is 25.5 Å². The number of benzene rings is 2. The summed E-state index contributed by atoms with van der Waals surface area (Å²) in [5, 5.41) is 0. The Kier molecular flexibility index (Phi) is 5.28. The second-order valence-electron chi connectivity index (χ2n) is 5.33. The van der Waals surface area contributed by atoms with Gasteiger partial charge in [0.2, 0.25) is 0 Å². The van der Waals surface area contributed by atoms with Gasteiger partial charge in [-0.3, -0.25) is 14.7 Å². The third-order valence-electron chi connectivity index (χ3n) is 3.59. The molecular weight excluding hydrogens is 350 g/mol. The van der Waals surface area contributed by atoms with Crippen LogP contribution < -0.4 is 9.46 Å². The van der Waals surface area contributed by atoms with Crippen LogP contribution in [0, 0.1) is 0 Å². The SMILES string of the molecule is COc1ccc(S(=O)(=O)Nc2ccccc2C=Cc2cnccn2)cc1. The third kappa shape index (κ3) is 4.25. The molecule has 1 aromatic heterocycles. The zero-order chi connectivity index (χ0) is 18.4. The number of nitrogens with one attached hydrogen (secondary N) is 1. The Hall–Kier alpha value is -3.19. The summed E-state index contributed by atoms with van der Waals surface area (Å²) in [7, 11) is -2.18.